The van der Waals surface area contributed by atoms with E-state index in [4.69, 9.17) is 9.47 Å². The molecule has 0 aliphatic carbocycles. The quantitative estimate of drug-likeness (QED) is 0.694. The summed E-state index contributed by atoms with van der Waals surface area (Å²) in [4.78, 5) is 12.0. The number of carbonyl (C=O) groups excluding carboxylic acids is 1. The van der Waals surface area contributed by atoms with Gasteiger partial charge in [-0.2, -0.15) is 0 Å². The highest BCUT2D eigenvalue weighted by Crippen LogP contribution is 2.33. The molecule has 0 unspecified atom stereocenters. The number of aryl methyl sites for hydroxylation is 1. The van der Waals surface area contributed by atoms with E-state index < -0.39 is 5.97 Å². The van der Waals surface area contributed by atoms with Gasteiger partial charge in [0.25, 0.3) is 0 Å². The number of ether oxygens (including phenoxy) is 2. The summed E-state index contributed by atoms with van der Waals surface area (Å²) in [6.45, 7) is 2.00. The molecule has 0 radical (unpaired) electrons. The number of benzene rings is 2. The molecule has 2 aromatic rings. The maximum absolute atomic E-state index is 12.0. The fourth-order valence-corrected chi connectivity index (χ4v) is 2.34. The summed E-state index contributed by atoms with van der Waals surface area (Å²) < 4.78 is 10.4. The number of methoxy groups -OCH3 is 1. The van der Waals surface area contributed by atoms with E-state index in [1.165, 1.54) is 7.11 Å². The minimum Gasteiger partial charge on any atom is -0.504 e. The Balaban J connectivity index is 1.97. The van der Waals surface area contributed by atoms with E-state index in [-0.39, 0.29) is 5.75 Å². The molecule has 0 saturated carbocycles. The zero-order chi connectivity index (χ0) is 16.4. The average molecular weight is 308 g/mol. The van der Waals surface area contributed by atoms with Crippen molar-refractivity contribution in [2.45, 2.75) is 6.92 Å². The van der Waals surface area contributed by atoms with E-state index in [9.17, 15) is 9.90 Å². The lowest BCUT2D eigenvalue weighted by Gasteiger charge is -2.05. The van der Waals surface area contributed by atoms with E-state index >= 15 is 0 Å². The van der Waals surface area contributed by atoms with E-state index in [0.29, 0.717) is 22.6 Å². The molecule has 2 aromatic carbocycles. The largest absolute Gasteiger partial charge is 0.504 e. The van der Waals surface area contributed by atoms with E-state index in [2.05, 4.69) is 0 Å². The van der Waals surface area contributed by atoms with Gasteiger partial charge in [-0.25, -0.2) is 4.79 Å². The number of phenolic OH excluding ortho intramolecular Hbond substituents is 1. The average Bonchev–Trinajstić information content (AvgIpc) is 2.91. The molecule has 4 nitrogen and oxygen atoms in total. The van der Waals surface area contributed by atoms with E-state index in [0.717, 1.165) is 11.1 Å². The number of cyclic esters (lactones) is 1. The Morgan fingerprint density at radius 2 is 1.87 bits per heavy atom. The molecule has 0 fully saturated rings. The second kappa shape index (κ2) is 6.01. The van der Waals surface area contributed by atoms with Gasteiger partial charge in [-0.05, 0) is 25.1 Å². The number of hydrogen-bond acceptors (Lipinski definition) is 4. The molecule has 1 heterocycles. The third-order valence-electron chi connectivity index (χ3n) is 3.62. The smallest absolute Gasteiger partial charge is 0.343 e. The van der Waals surface area contributed by atoms with Gasteiger partial charge in [-0.1, -0.05) is 42.0 Å². The van der Waals surface area contributed by atoms with Crippen molar-refractivity contribution in [1.82, 2.24) is 0 Å². The summed E-state index contributed by atoms with van der Waals surface area (Å²) in [5, 5.41) is 10.1. The zero-order valence-electron chi connectivity index (χ0n) is 12.9. The SMILES string of the molecule is COc1cccc(/C=C2\C=C(c3ccc(C)cc3)OC2=O)c1O. The standard InChI is InChI=1S/C19H16O4/c1-12-6-8-13(9-7-12)17-11-15(19(21)23-17)10-14-4-3-5-16(22-2)18(14)20/h3-11,20H,1-2H3/b15-10+. The molecule has 1 aliphatic rings. The monoisotopic (exact) mass is 308 g/mol. The summed E-state index contributed by atoms with van der Waals surface area (Å²) in [6, 6.07) is 12.8. The summed E-state index contributed by atoms with van der Waals surface area (Å²) in [7, 11) is 1.48. The van der Waals surface area contributed by atoms with E-state index in [1.54, 1.807) is 30.4 Å². The summed E-state index contributed by atoms with van der Waals surface area (Å²) >= 11 is 0. The third kappa shape index (κ3) is 2.97. The van der Waals surface area contributed by atoms with Crippen LogP contribution in [0.1, 0.15) is 16.7 Å². The van der Waals surface area contributed by atoms with Crippen molar-refractivity contribution in [3.05, 3.63) is 70.8 Å². The van der Waals surface area contributed by atoms with Crippen molar-refractivity contribution in [2.24, 2.45) is 0 Å². The third-order valence-corrected chi connectivity index (χ3v) is 3.62. The van der Waals surface area contributed by atoms with E-state index in [1.807, 2.05) is 31.2 Å². The minimum atomic E-state index is -0.442. The minimum absolute atomic E-state index is 0.00696. The van der Waals surface area contributed by atoms with Crippen molar-refractivity contribution < 1.29 is 19.4 Å². The van der Waals surface area contributed by atoms with Gasteiger partial charge in [0.15, 0.2) is 11.5 Å². The Morgan fingerprint density at radius 3 is 2.57 bits per heavy atom. The fourth-order valence-electron chi connectivity index (χ4n) is 2.34. The van der Waals surface area contributed by atoms with Crippen LogP contribution >= 0.6 is 0 Å². The number of aromatic hydroxyl groups is 1. The molecule has 4 heteroatoms. The van der Waals surface area contributed by atoms with Crippen LogP contribution in [0.25, 0.3) is 11.8 Å². The number of phenols is 1. The zero-order valence-corrected chi connectivity index (χ0v) is 12.9. The molecule has 0 bridgehead atoms. The molecule has 23 heavy (non-hydrogen) atoms. The lowest BCUT2D eigenvalue weighted by molar-refractivity contribution is -0.130. The highest BCUT2D eigenvalue weighted by Gasteiger charge is 2.22. The van der Waals surface area contributed by atoms with Crippen LogP contribution in [0.3, 0.4) is 0 Å². The van der Waals surface area contributed by atoms with Crippen LogP contribution in [0.2, 0.25) is 0 Å². The molecule has 0 aromatic heterocycles. The van der Waals surface area contributed by atoms with Gasteiger partial charge >= 0.3 is 5.97 Å². The molecule has 3 rings (SSSR count). The van der Waals surface area contributed by atoms with Crippen LogP contribution in [0.5, 0.6) is 11.5 Å². The van der Waals surface area contributed by atoms with Crippen LogP contribution < -0.4 is 4.74 Å². The predicted molar refractivity (Wildman–Crippen MR) is 87.9 cm³/mol. The van der Waals surface area contributed by atoms with Crippen LogP contribution in [-0.4, -0.2) is 18.2 Å². The highest BCUT2D eigenvalue weighted by molar-refractivity contribution is 6.05. The molecule has 1 aliphatic heterocycles. The Kier molecular flexibility index (Phi) is 3.89. The normalized spacial score (nSPS) is 15.5. The molecular formula is C19H16O4. The Bertz CT molecular complexity index is 814. The summed E-state index contributed by atoms with van der Waals surface area (Å²) in [5.41, 5.74) is 2.85. The van der Waals surface area contributed by atoms with Gasteiger partial charge in [0.2, 0.25) is 0 Å². The van der Waals surface area contributed by atoms with Gasteiger partial charge in [-0.15, -0.1) is 0 Å². The molecule has 0 saturated heterocycles. The van der Waals surface area contributed by atoms with Crippen molar-refractivity contribution in [3.8, 4) is 11.5 Å². The van der Waals surface area contributed by atoms with Gasteiger partial charge < -0.3 is 14.6 Å². The maximum Gasteiger partial charge on any atom is 0.343 e. The first-order valence-electron chi connectivity index (χ1n) is 7.17. The molecule has 1 N–H and O–H groups in total. The molecule has 0 amide bonds. The Labute approximate surface area is 134 Å². The number of para-hydroxylation sites is 1. The first-order valence-corrected chi connectivity index (χ1v) is 7.17. The molecule has 0 atom stereocenters. The number of hydrogen-bond donors (Lipinski definition) is 1. The number of rotatable bonds is 3. The van der Waals surface area contributed by atoms with Gasteiger partial charge in [0.05, 0.1) is 12.7 Å². The second-order valence-corrected chi connectivity index (χ2v) is 5.26. The topological polar surface area (TPSA) is 55.8 Å². The first kappa shape index (κ1) is 14.9. The number of carbonyl (C=O) groups is 1. The number of esters is 1. The van der Waals surface area contributed by atoms with Gasteiger partial charge in [0, 0.05) is 11.1 Å². The van der Waals surface area contributed by atoms with Crippen molar-refractivity contribution in [2.75, 3.05) is 7.11 Å². The Morgan fingerprint density at radius 1 is 1.13 bits per heavy atom. The lowest BCUT2D eigenvalue weighted by atomic mass is 10.1. The lowest BCUT2D eigenvalue weighted by Crippen LogP contribution is -1.97. The Hall–Kier alpha value is -3.01. The maximum atomic E-state index is 12.0. The van der Waals surface area contributed by atoms with Gasteiger partial charge in [0.1, 0.15) is 5.76 Å². The van der Waals surface area contributed by atoms with Crippen molar-refractivity contribution in [3.63, 3.8) is 0 Å². The van der Waals surface area contributed by atoms with Crippen LogP contribution in [0.4, 0.5) is 0 Å². The van der Waals surface area contributed by atoms with Crippen LogP contribution in [0.15, 0.2) is 54.1 Å². The van der Waals surface area contributed by atoms with Gasteiger partial charge in [-0.3, -0.25) is 0 Å². The van der Waals surface area contributed by atoms with Crippen LogP contribution in [-0.2, 0) is 9.53 Å². The van der Waals surface area contributed by atoms with Crippen LogP contribution in [0, 0.1) is 6.92 Å². The fraction of sp³-hybridized carbons (Fsp3) is 0.105. The molecule has 0 spiro atoms. The molecular weight excluding hydrogens is 292 g/mol. The summed E-state index contributed by atoms with van der Waals surface area (Å²) in [5.74, 6) is 0.410. The first-order chi connectivity index (χ1) is 11.1. The van der Waals surface area contributed by atoms with Crippen molar-refractivity contribution in [1.29, 1.82) is 0 Å². The summed E-state index contributed by atoms with van der Waals surface area (Å²) in [6.07, 6.45) is 3.26. The van der Waals surface area contributed by atoms with Crippen molar-refractivity contribution >= 4 is 17.8 Å². The predicted octanol–water partition coefficient (Wildman–Crippen LogP) is 3.69. The highest BCUT2D eigenvalue weighted by atomic mass is 16.5. The second-order valence-electron chi connectivity index (χ2n) is 5.26. The molecule has 116 valence electrons.